The summed E-state index contributed by atoms with van der Waals surface area (Å²) in [5.41, 5.74) is 0.368. The minimum absolute atomic E-state index is 0.368. The van der Waals surface area contributed by atoms with Gasteiger partial charge in [0.25, 0.3) is 0 Å². The lowest BCUT2D eigenvalue weighted by Crippen LogP contribution is -2.62. The number of nitrogens with zero attached hydrogens (tertiary/aromatic N) is 1. The van der Waals surface area contributed by atoms with Crippen molar-refractivity contribution in [2.75, 3.05) is 46.6 Å². The van der Waals surface area contributed by atoms with Crippen LogP contribution in [0.2, 0.25) is 0 Å². The smallest absolute Gasteiger partial charge is 0.0594 e. The van der Waals surface area contributed by atoms with Crippen molar-refractivity contribution in [2.24, 2.45) is 0 Å². The Morgan fingerprint density at radius 2 is 1.95 bits per heavy atom. The van der Waals surface area contributed by atoms with Crippen LogP contribution in [0.3, 0.4) is 0 Å². The Hall–Kier alpha value is -0.160. The first-order chi connectivity index (χ1) is 10.3. The lowest BCUT2D eigenvalue weighted by Gasteiger charge is -2.49. The third-order valence-corrected chi connectivity index (χ3v) is 5.24. The summed E-state index contributed by atoms with van der Waals surface area (Å²) < 4.78 is 10.9. The molecule has 1 saturated heterocycles. The second-order valence-electron chi connectivity index (χ2n) is 6.55. The van der Waals surface area contributed by atoms with Gasteiger partial charge in [0.15, 0.2) is 0 Å². The lowest BCUT2D eigenvalue weighted by molar-refractivity contribution is -0.0377. The largest absolute Gasteiger partial charge is 0.385 e. The molecule has 0 aromatic rings. The number of hydrogen-bond acceptors (Lipinski definition) is 4. The van der Waals surface area contributed by atoms with Crippen LogP contribution in [0.25, 0.3) is 0 Å². The molecule has 1 saturated carbocycles. The maximum absolute atomic E-state index is 5.58. The summed E-state index contributed by atoms with van der Waals surface area (Å²) in [6, 6.07) is 0.605. The SMILES string of the molecule is CCCNC(CCCOC)C1(N2CCOCC2)CCCC1. The summed E-state index contributed by atoms with van der Waals surface area (Å²) in [6.45, 7) is 8.28. The highest BCUT2D eigenvalue weighted by Gasteiger charge is 2.45. The Morgan fingerprint density at radius 3 is 2.57 bits per heavy atom. The highest BCUT2D eigenvalue weighted by Crippen LogP contribution is 2.40. The van der Waals surface area contributed by atoms with E-state index in [0.29, 0.717) is 11.6 Å². The van der Waals surface area contributed by atoms with E-state index in [2.05, 4.69) is 17.1 Å². The van der Waals surface area contributed by atoms with E-state index < -0.39 is 0 Å². The molecule has 0 radical (unpaired) electrons. The fourth-order valence-corrected chi connectivity index (χ4v) is 4.19. The van der Waals surface area contributed by atoms with Gasteiger partial charge in [0.05, 0.1) is 13.2 Å². The number of hydrogen-bond donors (Lipinski definition) is 1. The highest BCUT2D eigenvalue weighted by molar-refractivity contribution is 5.04. The molecule has 1 heterocycles. The van der Waals surface area contributed by atoms with Gasteiger partial charge in [-0.2, -0.15) is 0 Å². The Bertz CT molecular complexity index is 274. The number of ether oxygens (including phenoxy) is 2. The van der Waals surface area contributed by atoms with E-state index >= 15 is 0 Å². The number of nitrogens with one attached hydrogen (secondary N) is 1. The zero-order chi connectivity index (χ0) is 15.0. The van der Waals surface area contributed by atoms with Gasteiger partial charge in [0, 0.05) is 38.4 Å². The molecule has 0 aromatic heterocycles. The molecule has 21 heavy (non-hydrogen) atoms. The third kappa shape index (κ3) is 4.41. The molecule has 2 aliphatic rings. The van der Waals surface area contributed by atoms with Gasteiger partial charge in [-0.1, -0.05) is 19.8 Å². The van der Waals surface area contributed by atoms with Crippen LogP contribution in [-0.2, 0) is 9.47 Å². The normalized spacial score (nSPS) is 24.3. The monoisotopic (exact) mass is 298 g/mol. The van der Waals surface area contributed by atoms with Gasteiger partial charge in [-0.05, 0) is 38.6 Å². The topological polar surface area (TPSA) is 33.7 Å². The molecule has 124 valence electrons. The number of methoxy groups -OCH3 is 1. The van der Waals surface area contributed by atoms with E-state index in [0.717, 1.165) is 45.9 Å². The first-order valence-electron chi connectivity index (χ1n) is 8.88. The van der Waals surface area contributed by atoms with Crippen molar-refractivity contribution in [3.63, 3.8) is 0 Å². The van der Waals surface area contributed by atoms with Crippen molar-refractivity contribution in [2.45, 2.75) is 63.5 Å². The van der Waals surface area contributed by atoms with Crippen LogP contribution in [-0.4, -0.2) is 63.0 Å². The lowest BCUT2D eigenvalue weighted by atomic mass is 9.83. The highest BCUT2D eigenvalue weighted by atomic mass is 16.5. The fraction of sp³-hybridized carbons (Fsp3) is 1.00. The molecule has 4 heteroatoms. The summed E-state index contributed by atoms with van der Waals surface area (Å²) in [4.78, 5) is 2.74. The molecule has 1 N–H and O–H groups in total. The van der Waals surface area contributed by atoms with Gasteiger partial charge in [0.1, 0.15) is 0 Å². The van der Waals surface area contributed by atoms with E-state index in [4.69, 9.17) is 9.47 Å². The molecule has 0 amide bonds. The minimum Gasteiger partial charge on any atom is -0.385 e. The molecule has 0 aromatic carbocycles. The van der Waals surface area contributed by atoms with E-state index in [-0.39, 0.29) is 0 Å². The maximum Gasteiger partial charge on any atom is 0.0594 e. The maximum atomic E-state index is 5.58. The van der Waals surface area contributed by atoms with Crippen LogP contribution in [0.4, 0.5) is 0 Å². The molecule has 1 atom stereocenters. The van der Waals surface area contributed by atoms with Crippen molar-refractivity contribution in [1.82, 2.24) is 10.2 Å². The van der Waals surface area contributed by atoms with E-state index in [1.807, 2.05) is 7.11 Å². The van der Waals surface area contributed by atoms with Crippen molar-refractivity contribution in [3.05, 3.63) is 0 Å². The molecule has 1 unspecified atom stereocenters. The molecular weight excluding hydrogens is 264 g/mol. The molecule has 4 nitrogen and oxygen atoms in total. The second kappa shape index (κ2) is 9.09. The molecule has 2 rings (SSSR count). The van der Waals surface area contributed by atoms with Gasteiger partial charge in [0.2, 0.25) is 0 Å². The first kappa shape index (κ1) is 17.2. The average Bonchev–Trinajstić information content (AvgIpc) is 3.02. The van der Waals surface area contributed by atoms with Crippen LogP contribution in [0.1, 0.15) is 51.9 Å². The quantitative estimate of drug-likeness (QED) is 0.663. The summed E-state index contributed by atoms with van der Waals surface area (Å²) >= 11 is 0. The molecule has 0 spiro atoms. The van der Waals surface area contributed by atoms with Crippen LogP contribution in [0, 0.1) is 0 Å². The predicted molar refractivity (Wildman–Crippen MR) is 86.8 cm³/mol. The van der Waals surface area contributed by atoms with Gasteiger partial charge in [-0.15, -0.1) is 0 Å². The van der Waals surface area contributed by atoms with Crippen molar-refractivity contribution < 1.29 is 9.47 Å². The van der Waals surface area contributed by atoms with Crippen molar-refractivity contribution in [1.29, 1.82) is 0 Å². The minimum atomic E-state index is 0.368. The fourth-order valence-electron chi connectivity index (χ4n) is 4.19. The Labute approximate surface area is 130 Å². The zero-order valence-electron chi connectivity index (χ0n) is 14.0. The van der Waals surface area contributed by atoms with Crippen LogP contribution >= 0.6 is 0 Å². The molecule has 1 aliphatic carbocycles. The standard InChI is InChI=1S/C17H34N2O2/c1-3-10-18-16(7-6-13-20-2)17(8-4-5-9-17)19-11-14-21-15-12-19/h16,18H,3-15H2,1-2H3. The predicted octanol–water partition coefficient (Wildman–Crippen LogP) is 2.43. The van der Waals surface area contributed by atoms with Crippen LogP contribution < -0.4 is 5.32 Å². The van der Waals surface area contributed by atoms with E-state index in [1.54, 1.807) is 0 Å². The molecular formula is C17H34N2O2. The molecule has 0 bridgehead atoms. The van der Waals surface area contributed by atoms with Crippen molar-refractivity contribution >= 4 is 0 Å². The van der Waals surface area contributed by atoms with Crippen LogP contribution in [0.5, 0.6) is 0 Å². The van der Waals surface area contributed by atoms with E-state index in [1.165, 1.54) is 38.5 Å². The molecule has 1 aliphatic heterocycles. The van der Waals surface area contributed by atoms with Crippen LogP contribution in [0.15, 0.2) is 0 Å². The summed E-state index contributed by atoms with van der Waals surface area (Å²) in [6.07, 6.45) is 9.05. The number of morpholine rings is 1. The second-order valence-corrected chi connectivity index (χ2v) is 6.55. The van der Waals surface area contributed by atoms with E-state index in [9.17, 15) is 0 Å². The Kier molecular flexibility index (Phi) is 7.44. The third-order valence-electron chi connectivity index (χ3n) is 5.24. The zero-order valence-corrected chi connectivity index (χ0v) is 14.0. The Morgan fingerprint density at radius 1 is 1.24 bits per heavy atom. The summed E-state index contributed by atoms with van der Waals surface area (Å²) in [7, 11) is 1.81. The Balaban J connectivity index is 2.05. The summed E-state index contributed by atoms with van der Waals surface area (Å²) in [5, 5.41) is 3.87. The van der Waals surface area contributed by atoms with Crippen molar-refractivity contribution in [3.8, 4) is 0 Å². The summed E-state index contributed by atoms with van der Waals surface area (Å²) in [5.74, 6) is 0. The van der Waals surface area contributed by atoms with Gasteiger partial charge >= 0.3 is 0 Å². The van der Waals surface area contributed by atoms with Gasteiger partial charge < -0.3 is 14.8 Å². The molecule has 2 fully saturated rings. The first-order valence-corrected chi connectivity index (χ1v) is 8.88. The van der Waals surface area contributed by atoms with Gasteiger partial charge in [-0.25, -0.2) is 0 Å². The van der Waals surface area contributed by atoms with Gasteiger partial charge in [-0.3, -0.25) is 4.90 Å². The number of rotatable bonds is 9. The average molecular weight is 298 g/mol.